The van der Waals surface area contributed by atoms with E-state index in [-0.39, 0.29) is 0 Å². The van der Waals surface area contributed by atoms with Crippen molar-refractivity contribution in [1.29, 1.82) is 0 Å². The fourth-order valence-corrected chi connectivity index (χ4v) is 4.79. The molecule has 1 aromatic rings. The fraction of sp³-hybridized carbons (Fsp3) is 0.333. The molecule has 0 saturated carbocycles. The van der Waals surface area contributed by atoms with Crippen LogP contribution in [-0.4, -0.2) is 26.2 Å². The standard InChI is InChI=1S/C18H26O2Si3/c1-22(2,3)19-17-10-7-15(8-11-17)16-9-12-18(14-21-13-16)20-23(4,5)6/h7-14H,1-6H3. The Balaban J connectivity index is 2.09. The first-order chi connectivity index (χ1) is 10.6. The van der Waals surface area contributed by atoms with Crippen LogP contribution in [0.5, 0.6) is 5.75 Å². The van der Waals surface area contributed by atoms with E-state index >= 15 is 0 Å². The minimum atomic E-state index is -1.55. The number of rotatable bonds is 5. The van der Waals surface area contributed by atoms with Crippen molar-refractivity contribution in [1.82, 2.24) is 0 Å². The van der Waals surface area contributed by atoms with E-state index in [0.717, 1.165) is 11.5 Å². The molecule has 0 amide bonds. The maximum absolute atomic E-state index is 6.09. The molecule has 1 aromatic carbocycles. The molecule has 0 bridgehead atoms. The molecule has 0 saturated heterocycles. The van der Waals surface area contributed by atoms with Gasteiger partial charge in [0.1, 0.15) is 15.3 Å². The van der Waals surface area contributed by atoms with Gasteiger partial charge in [-0.2, -0.15) is 0 Å². The minimum absolute atomic E-state index is 0.642. The van der Waals surface area contributed by atoms with Crippen LogP contribution in [0.4, 0.5) is 0 Å². The molecule has 122 valence electrons. The van der Waals surface area contributed by atoms with Gasteiger partial charge < -0.3 is 8.85 Å². The summed E-state index contributed by atoms with van der Waals surface area (Å²) in [6, 6.07) is 8.42. The molecular weight excluding hydrogens is 332 g/mol. The van der Waals surface area contributed by atoms with E-state index in [9.17, 15) is 0 Å². The molecule has 0 fully saturated rings. The first kappa shape index (κ1) is 18.0. The molecule has 5 heteroatoms. The first-order valence-electron chi connectivity index (χ1n) is 7.95. The third-order valence-corrected chi connectivity index (χ3v) is 5.55. The van der Waals surface area contributed by atoms with E-state index < -0.39 is 16.6 Å². The van der Waals surface area contributed by atoms with Gasteiger partial charge in [-0.25, -0.2) is 0 Å². The summed E-state index contributed by atoms with van der Waals surface area (Å²) in [5.74, 6) is 1.97. The Bertz CT molecular complexity index is 630. The highest BCUT2D eigenvalue weighted by Gasteiger charge is 2.17. The highest BCUT2D eigenvalue weighted by molar-refractivity contribution is 6.70. The second-order valence-corrected chi connectivity index (χ2v) is 17.4. The van der Waals surface area contributed by atoms with Gasteiger partial charge in [0.2, 0.25) is 16.6 Å². The van der Waals surface area contributed by atoms with E-state index in [0.29, 0.717) is 9.52 Å². The summed E-state index contributed by atoms with van der Waals surface area (Å²) in [6.45, 7) is 13.2. The molecule has 0 atom stereocenters. The number of hydrogen-bond donors (Lipinski definition) is 0. The molecule has 0 spiro atoms. The number of hydrogen-bond acceptors (Lipinski definition) is 2. The quantitative estimate of drug-likeness (QED) is 0.673. The largest absolute Gasteiger partial charge is 0.545 e. The lowest BCUT2D eigenvalue weighted by Gasteiger charge is -2.19. The predicted molar refractivity (Wildman–Crippen MR) is 106 cm³/mol. The van der Waals surface area contributed by atoms with Gasteiger partial charge >= 0.3 is 0 Å². The van der Waals surface area contributed by atoms with Crippen LogP contribution in [0.3, 0.4) is 0 Å². The van der Waals surface area contributed by atoms with Crippen molar-refractivity contribution in [3.05, 3.63) is 59.1 Å². The van der Waals surface area contributed by atoms with Crippen LogP contribution in [0, 0.1) is 0 Å². The Morgan fingerprint density at radius 3 is 1.91 bits per heavy atom. The summed E-state index contributed by atoms with van der Waals surface area (Å²) in [5, 5.41) is 0. The zero-order chi connectivity index (χ0) is 17.1. The Kier molecular flexibility index (Phi) is 5.54. The van der Waals surface area contributed by atoms with Gasteiger partial charge in [-0.15, -0.1) is 0 Å². The Labute approximate surface area is 145 Å². The third-order valence-electron chi connectivity index (χ3n) is 2.93. The molecule has 0 N–H and O–H groups in total. The monoisotopic (exact) mass is 358 g/mol. The summed E-state index contributed by atoms with van der Waals surface area (Å²) < 4.78 is 12.1. The van der Waals surface area contributed by atoms with Crippen molar-refractivity contribution in [2.45, 2.75) is 39.3 Å². The summed E-state index contributed by atoms with van der Waals surface area (Å²) in [7, 11) is -2.45. The zero-order valence-corrected chi connectivity index (χ0v) is 17.9. The molecule has 2 rings (SSSR count). The summed E-state index contributed by atoms with van der Waals surface area (Å²) in [6.07, 6.45) is 4.25. The van der Waals surface area contributed by atoms with Gasteiger partial charge in [0.05, 0.1) is 5.76 Å². The Morgan fingerprint density at radius 1 is 0.739 bits per heavy atom. The Morgan fingerprint density at radius 2 is 1.35 bits per heavy atom. The lowest BCUT2D eigenvalue weighted by Crippen LogP contribution is -2.29. The third kappa shape index (κ3) is 6.37. The van der Waals surface area contributed by atoms with Crippen LogP contribution < -0.4 is 4.43 Å². The van der Waals surface area contributed by atoms with Gasteiger partial charge in [0.15, 0.2) is 0 Å². The highest BCUT2D eigenvalue weighted by Crippen LogP contribution is 2.24. The SMILES string of the molecule is C[Si](C)(C)OC1=C[Si]C=C(c2ccc(O[Si](C)(C)C)cc2)C=C1. The topological polar surface area (TPSA) is 18.5 Å². The maximum atomic E-state index is 6.09. The minimum Gasteiger partial charge on any atom is -0.545 e. The van der Waals surface area contributed by atoms with Crippen LogP contribution in [0.1, 0.15) is 5.56 Å². The molecule has 0 aromatic heterocycles. The van der Waals surface area contributed by atoms with Crippen molar-refractivity contribution < 1.29 is 8.85 Å². The maximum Gasteiger partial charge on any atom is 0.242 e. The van der Waals surface area contributed by atoms with Crippen molar-refractivity contribution in [3.63, 3.8) is 0 Å². The van der Waals surface area contributed by atoms with Gasteiger partial charge in [0, 0.05) is 0 Å². The molecular formula is C18H26O2Si3. The van der Waals surface area contributed by atoms with Gasteiger partial charge in [-0.3, -0.25) is 0 Å². The van der Waals surface area contributed by atoms with E-state index in [2.05, 4.69) is 87.1 Å². The van der Waals surface area contributed by atoms with E-state index in [1.54, 1.807) is 0 Å². The number of benzene rings is 1. The van der Waals surface area contributed by atoms with Crippen molar-refractivity contribution in [2.75, 3.05) is 0 Å². The van der Waals surface area contributed by atoms with Gasteiger partial charge in [-0.1, -0.05) is 29.6 Å². The molecule has 1 heterocycles. The summed E-state index contributed by atoms with van der Waals surface area (Å²) in [4.78, 5) is 0. The van der Waals surface area contributed by atoms with Crippen LogP contribution >= 0.6 is 0 Å². The first-order valence-corrected chi connectivity index (χ1v) is 15.9. The second kappa shape index (κ2) is 7.07. The van der Waals surface area contributed by atoms with Gasteiger partial charge in [0.25, 0.3) is 0 Å². The van der Waals surface area contributed by atoms with E-state index in [4.69, 9.17) is 8.85 Å². The molecule has 23 heavy (non-hydrogen) atoms. The van der Waals surface area contributed by atoms with Crippen LogP contribution in [0.2, 0.25) is 39.3 Å². The van der Waals surface area contributed by atoms with Crippen molar-refractivity contribution in [3.8, 4) is 5.75 Å². The average Bonchev–Trinajstić information content (AvgIpc) is 2.61. The van der Waals surface area contributed by atoms with Crippen LogP contribution in [-0.2, 0) is 4.43 Å². The van der Waals surface area contributed by atoms with Gasteiger partial charge in [-0.05, 0) is 68.6 Å². The smallest absolute Gasteiger partial charge is 0.242 e. The average molecular weight is 359 g/mol. The van der Waals surface area contributed by atoms with Crippen molar-refractivity contribution >= 4 is 31.7 Å². The number of allylic oxidation sites excluding steroid dienone is 3. The van der Waals surface area contributed by atoms with Crippen molar-refractivity contribution in [2.24, 2.45) is 0 Å². The van der Waals surface area contributed by atoms with Crippen LogP contribution in [0.15, 0.2) is 53.6 Å². The lowest BCUT2D eigenvalue weighted by atomic mass is 10.1. The normalized spacial score (nSPS) is 15.6. The summed E-state index contributed by atoms with van der Waals surface area (Å²) in [5.41, 5.74) is 6.92. The molecule has 1 aliphatic heterocycles. The van der Waals surface area contributed by atoms with E-state index in [1.165, 1.54) is 11.1 Å². The molecule has 1 aliphatic rings. The molecule has 2 radical (unpaired) electrons. The van der Waals surface area contributed by atoms with Crippen LogP contribution in [0.25, 0.3) is 5.57 Å². The second-order valence-electron chi connectivity index (χ2n) is 7.60. The lowest BCUT2D eigenvalue weighted by molar-refractivity contribution is 0.443. The highest BCUT2D eigenvalue weighted by atomic mass is 28.4. The molecule has 0 aliphatic carbocycles. The van der Waals surface area contributed by atoms with E-state index in [1.807, 2.05) is 0 Å². The predicted octanol–water partition coefficient (Wildman–Crippen LogP) is 5.21. The molecule has 0 unspecified atom stereocenters. The molecule has 2 nitrogen and oxygen atoms in total. The zero-order valence-electron chi connectivity index (χ0n) is 14.9. The fourth-order valence-electron chi connectivity index (χ4n) is 2.15. The summed E-state index contributed by atoms with van der Waals surface area (Å²) >= 11 is 0. The Hall–Kier alpha value is -1.31.